The zero-order chi connectivity index (χ0) is 14.9. The Morgan fingerprint density at radius 1 is 1.50 bits per heavy atom. The van der Waals surface area contributed by atoms with Crippen molar-refractivity contribution in [2.45, 2.75) is 26.3 Å². The van der Waals surface area contributed by atoms with Gasteiger partial charge < -0.3 is 15.0 Å². The summed E-state index contributed by atoms with van der Waals surface area (Å²) in [4.78, 5) is 25.5. The Morgan fingerprint density at radius 2 is 2.20 bits per heavy atom. The molecule has 0 saturated carbocycles. The third kappa shape index (κ3) is 2.33. The highest BCUT2D eigenvalue weighted by Gasteiger charge is 2.41. The maximum atomic E-state index is 12.5. The molecule has 0 fully saturated rings. The van der Waals surface area contributed by atoms with Crippen LogP contribution in [0.25, 0.3) is 0 Å². The van der Waals surface area contributed by atoms with Crippen LogP contribution in [0.5, 0.6) is 5.75 Å². The lowest BCUT2D eigenvalue weighted by molar-refractivity contribution is -0.126. The molecule has 20 heavy (non-hydrogen) atoms. The number of anilines is 1. The Morgan fingerprint density at radius 3 is 2.75 bits per heavy atom. The lowest BCUT2D eigenvalue weighted by atomic mass is 10.1. The molecule has 5 nitrogen and oxygen atoms in total. The van der Waals surface area contributed by atoms with E-state index in [1.165, 1.54) is 6.92 Å². The highest BCUT2D eigenvalue weighted by atomic mass is 35.5. The van der Waals surface area contributed by atoms with E-state index in [4.69, 9.17) is 16.3 Å². The summed E-state index contributed by atoms with van der Waals surface area (Å²) in [5.41, 5.74) is 1.27. The molecule has 1 aliphatic rings. The van der Waals surface area contributed by atoms with E-state index in [1.54, 1.807) is 24.1 Å². The first-order chi connectivity index (χ1) is 9.51. The van der Waals surface area contributed by atoms with Crippen molar-refractivity contribution in [3.8, 4) is 5.75 Å². The molecule has 1 aliphatic heterocycles. The quantitative estimate of drug-likeness (QED) is 0.927. The normalized spacial score (nSPS) is 17.1. The van der Waals surface area contributed by atoms with Crippen molar-refractivity contribution in [1.29, 1.82) is 0 Å². The lowest BCUT2D eigenvalue weighted by Gasteiger charge is -2.19. The molecule has 1 N–H and O–H groups in total. The zero-order valence-corrected chi connectivity index (χ0v) is 12.5. The van der Waals surface area contributed by atoms with Crippen LogP contribution in [0, 0.1) is 0 Å². The Kier molecular flexibility index (Phi) is 4.18. The number of nitrogens with one attached hydrogen (secondary N) is 1. The van der Waals surface area contributed by atoms with Gasteiger partial charge in [-0.1, -0.05) is 18.5 Å². The molecule has 1 heterocycles. The first-order valence-electron chi connectivity index (χ1n) is 6.46. The summed E-state index contributed by atoms with van der Waals surface area (Å²) in [6, 6.07) is 2.67. The van der Waals surface area contributed by atoms with Crippen LogP contribution in [-0.2, 0) is 9.59 Å². The molecule has 2 rings (SSSR count). The number of hydrogen-bond acceptors (Lipinski definition) is 3. The van der Waals surface area contributed by atoms with Gasteiger partial charge in [0.2, 0.25) is 5.91 Å². The molecule has 2 amide bonds. The summed E-state index contributed by atoms with van der Waals surface area (Å²) in [5.74, 6) is 0.133. The van der Waals surface area contributed by atoms with Gasteiger partial charge >= 0.3 is 0 Å². The monoisotopic (exact) mass is 296 g/mol. The van der Waals surface area contributed by atoms with Gasteiger partial charge in [-0.25, -0.2) is 0 Å². The van der Waals surface area contributed by atoms with Gasteiger partial charge in [0.25, 0.3) is 5.91 Å². The van der Waals surface area contributed by atoms with E-state index in [0.717, 1.165) is 6.42 Å². The average molecular weight is 297 g/mol. The summed E-state index contributed by atoms with van der Waals surface area (Å²) < 4.78 is 5.33. The summed E-state index contributed by atoms with van der Waals surface area (Å²) in [6.07, 6.45) is 0.799. The summed E-state index contributed by atoms with van der Waals surface area (Å²) in [6.45, 7) is 3.91. The van der Waals surface area contributed by atoms with Crippen molar-refractivity contribution in [3.05, 3.63) is 22.7 Å². The molecule has 0 radical (unpaired) electrons. The number of amides is 2. The standard InChI is InChI=1S/C14H17ClN2O3/c1-4-7-17-13-10(20-3)6-5-9(15)11(13)12(14(17)19)16-8(2)18/h5-6,12H,4,7H2,1-3H3,(H,16,18). The summed E-state index contributed by atoms with van der Waals surface area (Å²) >= 11 is 6.22. The fraction of sp³-hybridized carbons (Fsp3) is 0.429. The van der Waals surface area contributed by atoms with Crippen LogP contribution in [0.1, 0.15) is 31.9 Å². The van der Waals surface area contributed by atoms with E-state index in [9.17, 15) is 9.59 Å². The smallest absolute Gasteiger partial charge is 0.254 e. The number of hydrogen-bond donors (Lipinski definition) is 1. The Bertz CT molecular complexity index is 560. The topological polar surface area (TPSA) is 58.6 Å². The van der Waals surface area contributed by atoms with Crippen LogP contribution in [0.4, 0.5) is 5.69 Å². The average Bonchev–Trinajstić information content (AvgIpc) is 2.66. The highest BCUT2D eigenvalue weighted by Crippen LogP contribution is 2.46. The van der Waals surface area contributed by atoms with Gasteiger partial charge in [0.1, 0.15) is 11.8 Å². The number of carbonyl (C=O) groups is 2. The number of nitrogens with zero attached hydrogens (tertiary/aromatic N) is 1. The minimum Gasteiger partial charge on any atom is -0.495 e. The second kappa shape index (κ2) is 5.71. The molecular weight excluding hydrogens is 280 g/mol. The molecule has 1 aromatic carbocycles. The number of methoxy groups -OCH3 is 1. The van der Waals surface area contributed by atoms with Gasteiger partial charge in [0, 0.05) is 24.1 Å². The molecule has 108 valence electrons. The number of halogens is 1. The van der Waals surface area contributed by atoms with Crippen molar-refractivity contribution >= 4 is 29.1 Å². The fourth-order valence-electron chi connectivity index (χ4n) is 2.45. The van der Waals surface area contributed by atoms with Crippen LogP contribution >= 0.6 is 11.6 Å². The fourth-order valence-corrected chi connectivity index (χ4v) is 2.72. The highest BCUT2D eigenvalue weighted by molar-refractivity contribution is 6.33. The van der Waals surface area contributed by atoms with Crippen LogP contribution in [0.2, 0.25) is 5.02 Å². The second-order valence-corrected chi connectivity index (χ2v) is 5.04. The summed E-state index contributed by atoms with van der Waals surface area (Å²) in [5, 5.41) is 3.11. The van der Waals surface area contributed by atoms with Crippen molar-refractivity contribution in [2.75, 3.05) is 18.6 Å². The Hall–Kier alpha value is -1.75. The van der Waals surface area contributed by atoms with E-state index < -0.39 is 6.04 Å². The Balaban J connectivity index is 2.59. The molecule has 0 saturated heterocycles. The van der Waals surface area contributed by atoms with Crippen molar-refractivity contribution in [2.24, 2.45) is 0 Å². The summed E-state index contributed by atoms with van der Waals surface area (Å²) in [7, 11) is 1.55. The van der Waals surface area contributed by atoms with Gasteiger partial charge in [-0.15, -0.1) is 0 Å². The Labute approximate surface area is 122 Å². The van der Waals surface area contributed by atoms with Gasteiger partial charge in [0.05, 0.1) is 12.8 Å². The van der Waals surface area contributed by atoms with E-state index in [0.29, 0.717) is 28.6 Å². The van der Waals surface area contributed by atoms with Gasteiger partial charge in [-0.3, -0.25) is 9.59 Å². The number of rotatable bonds is 4. The van der Waals surface area contributed by atoms with Gasteiger partial charge in [-0.05, 0) is 18.6 Å². The van der Waals surface area contributed by atoms with Gasteiger partial charge in [0.15, 0.2) is 0 Å². The van der Waals surface area contributed by atoms with Crippen LogP contribution in [0.3, 0.4) is 0 Å². The largest absolute Gasteiger partial charge is 0.495 e. The van der Waals surface area contributed by atoms with Crippen LogP contribution < -0.4 is 15.0 Å². The molecule has 6 heteroatoms. The third-order valence-corrected chi connectivity index (χ3v) is 3.54. The SMILES string of the molecule is CCCN1C(=O)C(NC(C)=O)c2c(Cl)ccc(OC)c21. The molecule has 0 bridgehead atoms. The number of fused-ring (bicyclic) bond motifs is 1. The molecule has 1 unspecified atom stereocenters. The van der Waals surface area contributed by atoms with Crippen molar-refractivity contribution in [3.63, 3.8) is 0 Å². The predicted molar refractivity (Wildman–Crippen MR) is 77.2 cm³/mol. The minimum atomic E-state index is -0.739. The molecule has 1 aromatic rings. The zero-order valence-electron chi connectivity index (χ0n) is 11.7. The minimum absolute atomic E-state index is 0.177. The molecule has 1 atom stereocenters. The van der Waals surface area contributed by atoms with Crippen LogP contribution in [-0.4, -0.2) is 25.5 Å². The number of carbonyl (C=O) groups excluding carboxylic acids is 2. The third-order valence-electron chi connectivity index (χ3n) is 3.21. The predicted octanol–water partition coefficient (Wildman–Crippen LogP) is 2.28. The van der Waals surface area contributed by atoms with E-state index >= 15 is 0 Å². The molecular formula is C14H17ClN2O3. The van der Waals surface area contributed by atoms with E-state index in [2.05, 4.69) is 5.32 Å². The molecule has 0 spiro atoms. The number of benzene rings is 1. The van der Waals surface area contributed by atoms with Crippen molar-refractivity contribution < 1.29 is 14.3 Å². The van der Waals surface area contributed by atoms with Crippen molar-refractivity contribution in [1.82, 2.24) is 5.32 Å². The first-order valence-corrected chi connectivity index (χ1v) is 6.83. The lowest BCUT2D eigenvalue weighted by Crippen LogP contribution is -2.37. The van der Waals surface area contributed by atoms with E-state index in [-0.39, 0.29) is 11.8 Å². The first kappa shape index (κ1) is 14.7. The molecule has 0 aromatic heterocycles. The van der Waals surface area contributed by atoms with Gasteiger partial charge in [-0.2, -0.15) is 0 Å². The maximum Gasteiger partial charge on any atom is 0.254 e. The van der Waals surface area contributed by atoms with Crippen LogP contribution in [0.15, 0.2) is 12.1 Å². The maximum absolute atomic E-state index is 12.5. The molecule has 0 aliphatic carbocycles. The number of ether oxygens (including phenoxy) is 1. The second-order valence-electron chi connectivity index (χ2n) is 4.64. The van der Waals surface area contributed by atoms with E-state index in [1.807, 2.05) is 6.92 Å².